The van der Waals surface area contributed by atoms with E-state index in [-0.39, 0.29) is 29.3 Å². The second kappa shape index (κ2) is 13.9. The van der Waals surface area contributed by atoms with E-state index in [4.69, 9.17) is 0 Å². The number of sulfonamides is 1. The third-order valence-corrected chi connectivity index (χ3v) is 15.3. The number of fused-ring (bicyclic) bond motifs is 1. The van der Waals surface area contributed by atoms with E-state index in [2.05, 4.69) is 35.1 Å². The number of rotatable bonds is 13. The van der Waals surface area contributed by atoms with Gasteiger partial charge in [-0.1, -0.05) is 73.6 Å². The number of amides is 5. The quantitative estimate of drug-likeness (QED) is 0.211. The molecule has 4 N–H and O–H groups in total. The summed E-state index contributed by atoms with van der Waals surface area (Å²) in [5.74, 6) is -2.27. The maximum atomic E-state index is 14.6. The normalized spacial score (nSPS) is 30.4. The van der Waals surface area contributed by atoms with E-state index >= 15 is 0 Å². The maximum absolute atomic E-state index is 14.6. The molecule has 0 unspecified atom stereocenters. The van der Waals surface area contributed by atoms with Crippen LogP contribution in [0, 0.1) is 22.7 Å². The highest BCUT2D eigenvalue weighted by molar-refractivity contribution is 7.90. The van der Waals surface area contributed by atoms with Crippen molar-refractivity contribution in [1.82, 2.24) is 30.5 Å². The van der Waals surface area contributed by atoms with Crippen molar-refractivity contribution in [2.45, 2.75) is 166 Å². The largest absolute Gasteiger partial charge is 0.347 e. The number of hydrogen-bond donors (Lipinski definition) is 4. The van der Waals surface area contributed by atoms with E-state index in [9.17, 15) is 32.4 Å². The monoisotopic (exact) mass is 732 g/mol. The zero-order valence-corrected chi connectivity index (χ0v) is 32.2. The van der Waals surface area contributed by atoms with Crippen LogP contribution in [0.4, 0.5) is 4.79 Å². The van der Waals surface area contributed by atoms with Gasteiger partial charge in [-0.05, 0) is 74.0 Å². The lowest BCUT2D eigenvalue weighted by atomic mass is 9.78. The molecule has 14 heteroatoms. The van der Waals surface area contributed by atoms with Crippen LogP contribution in [-0.4, -0.2) is 101 Å². The summed E-state index contributed by atoms with van der Waals surface area (Å²) in [4.78, 5) is 70.2. The lowest BCUT2D eigenvalue weighted by molar-refractivity contribution is -0.145. The van der Waals surface area contributed by atoms with Gasteiger partial charge in [-0.25, -0.2) is 13.2 Å². The van der Waals surface area contributed by atoms with Gasteiger partial charge < -0.3 is 26.2 Å². The Balaban J connectivity index is 1.19. The van der Waals surface area contributed by atoms with Gasteiger partial charge in [-0.3, -0.25) is 19.2 Å². The van der Waals surface area contributed by atoms with E-state index in [0.29, 0.717) is 45.2 Å². The van der Waals surface area contributed by atoms with Gasteiger partial charge in [0.1, 0.15) is 12.1 Å². The van der Waals surface area contributed by atoms with Crippen molar-refractivity contribution in [2.75, 3.05) is 13.1 Å². The Labute approximate surface area is 303 Å². The van der Waals surface area contributed by atoms with Gasteiger partial charge in [0.15, 0.2) is 0 Å². The molecule has 0 aromatic heterocycles. The third kappa shape index (κ3) is 7.55. The van der Waals surface area contributed by atoms with E-state index < -0.39 is 73.9 Å². The fourth-order valence-electron chi connectivity index (χ4n) is 9.31. The number of piperidine rings is 1. The Morgan fingerprint density at radius 3 is 2.18 bits per heavy atom. The molecule has 0 radical (unpaired) electrons. The summed E-state index contributed by atoms with van der Waals surface area (Å²) in [6.07, 6.45) is 9.34. The topological polar surface area (TPSA) is 174 Å². The molecule has 13 nitrogen and oxygen atoms in total. The molecule has 2 heterocycles. The van der Waals surface area contributed by atoms with Gasteiger partial charge in [0.25, 0.3) is 5.91 Å². The van der Waals surface area contributed by atoms with E-state index in [0.717, 1.165) is 51.4 Å². The zero-order chi connectivity index (χ0) is 37.1. The van der Waals surface area contributed by atoms with Gasteiger partial charge >= 0.3 is 6.03 Å². The van der Waals surface area contributed by atoms with Crippen LogP contribution >= 0.6 is 0 Å². The molecule has 4 saturated carbocycles. The molecular formula is C37H60N6O7S. The van der Waals surface area contributed by atoms with Gasteiger partial charge in [0.05, 0.1) is 16.8 Å². The van der Waals surface area contributed by atoms with E-state index in [1.54, 1.807) is 9.21 Å². The van der Waals surface area contributed by atoms with Crippen LogP contribution < -0.4 is 21.3 Å². The summed E-state index contributed by atoms with van der Waals surface area (Å²) in [6.45, 7) is 12.5. The Hall–Kier alpha value is -2.74. The summed E-state index contributed by atoms with van der Waals surface area (Å²) >= 11 is 0. The number of carbonyl (C=O) groups excluding carboxylic acids is 5. The number of nitrogens with one attached hydrogen (secondary N) is 4. The number of urea groups is 1. The number of unbranched alkanes of at least 4 members (excludes halogenated alkanes) is 1. The molecule has 0 aromatic rings. The second-order valence-corrected chi connectivity index (χ2v) is 20.1. The van der Waals surface area contributed by atoms with Crippen molar-refractivity contribution in [3.05, 3.63) is 0 Å². The lowest BCUT2D eigenvalue weighted by Gasteiger charge is -2.43. The molecule has 51 heavy (non-hydrogen) atoms. The second-order valence-electron chi connectivity index (χ2n) is 18.0. The van der Waals surface area contributed by atoms with E-state index in [1.165, 1.54) is 0 Å². The third-order valence-electron chi connectivity index (χ3n) is 12.7. The Bertz CT molecular complexity index is 1510. The van der Waals surface area contributed by atoms with Crippen molar-refractivity contribution < 1.29 is 32.4 Å². The summed E-state index contributed by atoms with van der Waals surface area (Å²) in [6, 6.07) is -3.38. The molecule has 5 amide bonds. The Morgan fingerprint density at radius 1 is 0.922 bits per heavy atom. The number of ketones is 1. The molecule has 0 aromatic carbocycles. The van der Waals surface area contributed by atoms with Gasteiger partial charge in [0, 0.05) is 25.2 Å². The summed E-state index contributed by atoms with van der Waals surface area (Å²) in [5.41, 5.74) is -1.87. The first-order valence-corrected chi connectivity index (χ1v) is 21.0. The maximum Gasteiger partial charge on any atom is 0.315 e. The molecule has 2 saturated heterocycles. The number of likely N-dealkylation sites (tertiary alicyclic amines) is 1. The standard InChI is InChI=1S/C37H60N6O7S/c1-7-8-12-25(29(44)32(46)38-22-13-14-22)39-31(45)28-27-24(36(27,5)6)21-42(28)33(47)30(35(2,3)4)40-34(48)41-37(18-10-9-11-19-37)26-17-20-43(23-15-16-23)51(26,49)50/h22-28,30H,7-21H2,1-6H3,(H,38,46)(H,39,45)(H2,40,41,48)/t24-,25-,26-,27-,28-,30+/m0/s1. The Kier molecular flexibility index (Phi) is 10.4. The van der Waals surface area contributed by atoms with Crippen LogP contribution in [0.5, 0.6) is 0 Å². The highest BCUT2D eigenvalue weighted by Gasteiger charge is 2.70. The zero-order valence-electron chi connectivity index (χ0n) is 31.4. The first-order chi connectivity index (χ1) is 23.9. The van der Waals surface area contributed by atoms with Crippen molar-refractivity contribution in [1.29, 1.82) is 0 Å². The average molecular weight is 733 g/mol. The molecule has 0 spiro atoms. The minimum absolute atomic E-state index is 0.00645. The van der Waals surface area contributed by atoms with Crippen LogP contribution in [0.3, 0.4) is 0 Å². The first kappa shape index (κ1) is 38.0. The molecule has 4 aliphatic carbocycles. The van der Waals surface area contributed by atoms with Crippen LogP contribution in [0.25, 0.3) is 0 Å². The number of nitrogens with zero attached hydrogens (tertiary/aromatic N) is 2. The highest BCUT2D eigenvalue weighted by atomic mass is 32.2. The number of hydrogen-bond acceptors (Lipinski definition) is 7. The molecule has 6 rings (SSSR count). The minimum Gasteiger partial charge on any atom is -0.347 e. The van der Waals surface area contributed by atoms with Crippen molar-refractivity contribution >= 4 is 39.6 Å². The van der Waals surface area contributed by atoms with Crippen molar-refractivity contribution in [2.24, 2.45) is 22.7 Å². The number of carbonyl (C=O) groups is 5. The molecule has 2 aliphatic heterocycles. The SMILES string of the molecule is CCCC[C@H](NC(=O)[C@@H]1[C@@H]2[C@H](CN1C(=O)[C@@H](NC(=O)NC1([C@@H]3CCN(C4CC4)S3(=O)=O)CCCCC1)C(C)(C)C)C2(C)C)C(=O)C(=O)NC1CC1. The smallest absolute Gasteiger partial charge is 0.315 e. The molecule has 6 atom stereocenters. The van der Waals surface area contributed by atoms with Gasteiger partial charge in [0.2, 0.25) is 27.6 Å². The van der Waals surface area contributed by atoms with Crippen LogP contribution in [0.15, 0.2) is 0 Å². The molecule has 286 valence electrons. The number of Topliss-reactive ketones (excluding diaryl/α,β-unsaturated/α-hetero) is 1. The van der Waals surface area contributed by atoms with Gasteiger partial charge in [-0.15, -0.1) is 0 Å². The highest BCUT2D eigenvalue weighted by Crippen LogP contribution is 2.65. The van der Waals surface area contributed by atoms with Crippen molar-refractivity contribution in [3.8, 4) is 0 Å². The predicted octanol–water partition coefficient (Wildman–Crippen LogP) is 2.98. The molecule has 0 bridgehead atoms. The predicted molar refractivity (Wildman–Crippen MR) is 192 cm³/mol. The summed E-state index contributed by atoms with van der Waals surface area (Å²) < 4.78 is 29.2. The molecule has 6 fully saturated rings. The van der Waals surface area contributed by atoms with Crippen molar-refractivity contribution in [3.63, 3.8) is 0 Å². The van der Waals surface area contributed by atoms with E-state index in [1.807, 2.05) is 27.7 Å². The summed E-state index contributed by atoms with van der Waals surface area (Å²) in [5, 5.41) is 11.0. The van der Waals surface area contributed by atoms with Gasteiger partial charge in [-0.2, -0.15) is 4.31 Å². The lowest BCUT2D eigenvalue weighted by Crippen LogP contribution is -2.65. The van der Waals surface area contributed by atoms with Crippen LogP contribution in [-0.2, 0) is 29.2 Å². The fraction of sp³-hybridized carbons (Fsp3) is 0.865. The summed E-state index contributed by atoms with van der Waals surface area (Å²) in [7, 11) is -3.59. The fourth-order valence-corrected chi connectivity index (χ4v) is 11.9. The molecular weight excluding hydrogens is 673 g/mol. The average Bonchev–Trinajstić information content (AvgIpc) is 4.02. The minimum atomic E-state index is -3.59. The molecule has 6 aliphatic rings. The Morgan fingerprint density at radius 2 is 1.59 bits per heavy atom. The van der Waals surface area contributed by atoms with Crippen LogP contribution in [0.2, 0.25) is 0 Å². The first-order valence-electron chi connectivity index (χ1n) is 19.5. The van der Waals surface area contributed by atoms with Crippen LogP contribution in [0.1, 0.15) is 125 Å².